The number of aliphatic hydroxyl groups is 1. The lowest BCUT2D eigenvalue weighted by atomic mass is 10.4. The Balaban J connectivity index is 4.19. The van der Waals surface area contributed by atoms with Gasteiger partial charge in [-0.15, -0.1) is 0 Å². The SMILES string of the molecule is NOC(=O)/C(O)=C\C(=O)O. The first-order chi connectivity index (χ1) is 4.57. The van der Waals surface area contributed by atoms with Crippen LogP contribution in [0.1, 0.15) is 0 Å². The molecule has 6 heteroatoms. The molecule has 0 amide bonds. The lowest BCUT2D eigenvalue weighted by Gasteiger charge is -1.92. The van der Waals surface area contributed by atoms with Gasteiger partial charge in [0, 0.05) is 0 Å². The van der Waals surface area contributed by atoms with Crippen LogP contribution in [0, 0.1) is 0 Å². The van der Waals surface area contributed by atoms with Crippen LogP contribution in [0.4, 0.5) is 0 Å². The van der Waals surface area contributed by atoms with Crippen LogP contribution in [0.15, 0.2) is 11.8 Å². The summed E-state index contributed by atoms with van der Waals surface area (Å²) in [6, 6.07) is 0. The van der Waals surface area contributed by atoms with Gasteiger partial charge in [0.15, 0.2) is 0 Å². The minimum absolute atomic E-state index is 0.273. The van der Waals surface area contributed by atoms with Crippen molar-refractivity contribution in [2.24, 2.45) is 5.90 Å². The van der Waals surface area contributed by atoms with Gasteiger partial charge in [-0.3, -0.25) is 0 Å². The summed E-state index contributed by atoms with van der Waals surface area (Å²) in [6.45, 7) is 0. The lowest BCUT2D eigenvalue weighted by Crippen LogP contribution is -2.13. The number of rotatable bonds is 2. The number of carbonyl (C=O) groups excluding carboxylic acids is 1. The summed E-state index contributed by atoms with van der Waals surface area (Å²) in [6.07, 6.45) is 0.273. The van der Waals surface area contributed by atoms with E-state index in [0.29, 0.717) is 0 Å². The molecule has 0 aromatic carbocycles. The van der Waals surface area contributed by atoms with Crippen LogP contribution in [-0.4, -0.2) is 22.2 Å². The second kappa shape index (κ2) is 3.46. The van der Waals surface area contributed by atoms with E-state index in [-0.39, 0.29) is 6.08 Å². The Morgan fingerprint density at radius 2 is 1.90 bits per heavy atom. The molecule has 0 aliphatic rings. The van der Waals surface area contributed by atoms with Crippen LogP contribution in [0.25, 0.3) is 0 Å². The summed E-state index contributed by atoms with van der Waals surface area (Å²) < 4.78 is 0. The lowest BCUT2D eigenvalue weighted by molar-refractivity contribution is -0.143. The normalized spacial score (nSPS) is 10.7. The molecule has 10 heavy (non-hydrogen) atoms. The third kappa shape index (κ3) is 2.68. The minimum Gasteiger partial charge on any atom is -0.502 e. The van der Waals surface area contributed by atoms with Crippen molar-refractivity contribution in [2.45, 2.75) is 0 Å². The van der Waals surface area contributed by atoms with Gasteiger partial charge in [0.2, 0.25) is 5.76 Å². The molecule has 0 aliphatic carbocycles. The molecule has 56 valence electrons. The molecule has 0 atom stereocenters. The van der Waals surface area contributed by atoms with Gasteiger partial charge in [-0.2, -0.15) is 5.90 Å². The van der Waals surface area contributed by atoms with Crippen molar-refractivity contribution in [2.75, 3.05) is 0 Å². The van der Waals surface area contributed by atoms with Crippen LogP contribution in [0.2, 0.25) is 0 Å². The second-order valence-electron chi connectivity index (χ2n) is 1.27. The highest BCUT2D eigenvalue weighted by molar-refractivity contribution is 5.93. The maximum Gasteiger partial charge on any atom is 0.392 e. The molecule has 0 aromatic heterocycles. The predicted octanol–water partition coefficient (Wildman–Crippen LogP) is -1.07. The number of carboxylic acids is 1. The number of aliphatic hydroxyl groups excluding tert-OH is 1. The first kappa shape index (κ1) is 8.44. The number of carbonyl (C=O) groups is 2. The summed E-state index contributed by atoms with van der Waals surface area (Å²) in [5, 5.41) is 16.4. The van der Waals surface area contributed by atoms with Crippen molar-refractivity contribution in [1.82, 2.24) is 0 Å². The third-order valence-electron chi connectivity index (χ3n) is 0.576. The van der Waals surface area contributed by atoms with E-state index in [0.717, 1.165) is 0 Å². The molecule has 6 nitrogen and oxygen atoms in total. The highest BCUT2D eigenvalue weighted by Crippen LogP contribution is 1.88. The molecular formula is C4H5NO5. The summed E-state index contributed by atoms with van der Waals surface area (Å²) in [5.74, 6) is 0.514. The average molecular weight is 147 g/mol. The molecule has 4 N–H and O–H groups in total. The van der Waals surface area contributed by atoms with Crippen molar-refractivity contribution in [3.8, 4) is 0 Å². The molecule has 0 bridgehead atoms. The molecule has 0 saturated carbocycles. The minimum atomic E-state index is -1.46. The number of aliphatic carboxylic acids is 1. The summed E-state index contributed by atoms with van der Waals surface area (Å²) in [7, 11) is 0. The Kier molecular flexibility index (Phi) is 2.92. The van der Waals surface area contributed by atoms with E-state index in [1.165, 1.54) is 0 Å². The zero-order valence-corrected chi connectivity index (χ0v) is 4.77. The van der Waals surface area contributed by atoms with Crippen LogP contribution < -0.4 is 5.90 Å². The largest absolute Gasteiger partial charge is 0.502 e. The van der Waals surface area contributed by atoms with Gasteiger partial charge < -0.3 is 15.1 Å². The first-order valence-electron chi connectivity index (χ1n) is 2.12. The van der Waals surface area contributed by atoms with E-state index >= 15 is 0 Å². The fourth-order valence-corrected chi connectivity index (χ4v) is 0.236. The topological polar surface area (TPSA) is 110 Å². The highest BCUT2D eigenvalue weighted by atomic mass is 16.7. The number of nitrogens with two attached hydrogens (primary N) is 1. The Morgan fingerprint density at radius 1 is 1.40 bits per heavy atom. The predicted molar refractivity (Wildman–Crippen MR) is 28.6 cm³/mol. The van der Waals surface area contributed by atoms with E-state index in [9.17, 15) is 9.59 Å². The maximum absolute atomic E-state index is 10.1. The monoisotopic (exact) mass is 147 g/mol. The summed E-state index contributed by atoms with van der Waals surface area (Å²) in [5.41, 5.74) is 0. The molecule has 0 radical (unpaired) electrons. The fraction of sp³-hybridized carbons (Fsp3) is 0. The van der Waals surface area contributed by atoms with Crippen molar-refractivity contribution in [3.05, 3.63) is 11.8 Å². The molecule has 0 rings (SSSR count). The van der Waals surface area contributed by atoms with Crippen molar-refractivity contribution >= 4 is 11.9 Å². The van der Waals surface area contributed by atoms with Crippen LogP contribution in [0.5, 0.6) is 0 Å². The third-order valence-corrected chi connectivity index (χ3v) is 0.576. The second-order valence-corrected chi connectivity index (χ2v) is 1.27. The number of hydrogen-bond donors (Lipinski definition) is 3. The summed E-state index contributed by atoms with van der Waals surface area (Å²) >= 11 is 0. The molecule has 0 heterocycles. The molecule has 0 aromatic rings. The molecule has 0 unspecified atom stereocenters. The smallest absolute Gasteiger partial charge is 0.392 e. The fourth-order valence-electron chi connectivity index (χ4n) is 0.236. The van der Waals surface area contributed by atoms with E-state index < -0.39 is 17.7 Å². The van der Waals surface area contributed by atoms with Gasteiger partial charge in [-0.25, -0.2) is 9.59 Å². The zero-order valence-electron chi connectivity index (χ0n) is 4.77. The van der Waals surface area contributed by atoms with Crippen molar-refractivity contribution in [3.63, 3.8) is 0 Å². The Labute approximate surface area is 55.5 Å². The zero-order chi connectivity index (χ0) is 8.15. The maximum atomic E-state index is 10.1. The van der Waals surface area contributed by atoms with Gasteiger partial charge in [0.1, 0.15) is 0 Å². The van der Waals surface area contributed by atoms with Gasteiger partial charge in [0.25, 0.3) is 0 Å². The van der Waals surface area contributed by atoms with E-state index in [2.05, 4.69) is 10.7 Å². The summed E-state index contributed by atoms with van der Waals surface area (Å²) in [4.78, 5) is 23.4. The molecule has 0 fully saturated rings. The van der Waals surface area contributed by atoms with E-state index in [4.69, 9.17) is 10.2 Å². The van der Waals surface area contributed by atoms with Crippen molar-refractivity contribution < 1.29 is 24.6 Å². The number of hydrogen-bond acceptors (Lipinski definition) is 5. The number of carboxylic acid groups (broad SMARTS) is 1. The van der Waals surface area contributed by atoms with Crippen LogP contribution in [-0.2, 0) is 14.4 Å². The van der Waals surface area contributed by atoms with Gasteiger partial charge in [0.05, 0.1) is 6.08 Å². The quantitative estimate of drug-likeness (QED) is 0.260. The molecule has 0 saturated heterocycles. The van der Waals surface area contributed by atoms with Gasteiger partial charge in [-0.1, -0.05) is 0 Å². The van der Waals surface area contributed by atoms with E-state index in [1.54, 1.807) is 0 Å². The van der Waals surface area contributed by atoms with Gasteiger partial charge >= 0.3 is 11.9 Å². The van der Waals surface area contributed by atoms with Gasteiger partial charge in [-0.05, 0) is 0 Å². The Morgan fingerprint density at radius 3 is 2.20 bits per heavy atom. The van der Waals surface area contributed by atoms with Crippen LogP contribution in [0.3, 0.4) is 0 Å². The Hall–Kier alpha value is -1.56. The first-order valence-corrected chi connectivity index (χ1v) is 2.12. The standard InChI is InChI=1S/C4H5NO5/c5-10-4(9)2(6)1-3(7)8/h1,6H,5H2,(H,7,8)/b2-1+. The average Bonchev–Trinajstić information content (AvgIpc) is 1.85. The molecule has 0 aliphatic heterocycles. The van der Waals surface area contributed by atoms with Crippen molar-refractivity contribution in [1.29, 1.82) is 0 Å². The highest BCUT2D eigenvalue weighted by Gasteiger charge is 2.08. The Bertz CT molecular complexity index is 184. The molecular weight excluding hydrogens is 142 g/mol. The molecule has 0 spiro atoms. The van der Waals surface area contributed by atoms with E-state index in [1.807, 2.05) is 0 Å². The van der Waals surface area contributed by atoms with Crippen LogP contribution >= 0.6 is 0 Å².